The van der Waals surface area contributed by atoms with Gasteiger partial charge in [-0.2, -0.15) is 4.99 Å². The van der Waals surface area contributed by atoms with E-state index in [9.17, 15) is 9.59 Å². The lowest BCUT2D eigenvalue weighted by atomic mass is 10.0. The lowest BCUT2D eigenvalue weighted by Crippen LogP contribution is -2.40. The van der Waals surface area contributed by atoms with E-state index >= 15 is 0 Å². The minimum Gasteiger partial charge on any atom is -0.342 e. The Morgan fingerprint density at radius 3 is 2.89 bits per heavy atom. The van der Waals surface area contributed by atoms with E-state index in [-0.39, 0.29) is 17.6 Å². The second-order valence-electron chi connectivity index (χ2n) is 7.19. The van der Waals surface area contributed by atoms with Crippen LogP contribution in [0, 0.1) is 12.8 Å². The number of aromatic nitrogens is 1. The largest absolute Gasteiger partial charge is 0.342 e. The van der Waals surface area contributed by atoms with Gasteiger partial charge in [-0.1, -0.05) is 24.3 Å². The maximum Gasteiger partial charge on any atom is 0.258 e. The molecule has 0 saturated carbocycles. The van der Waals surface area contributed by atoms with Crippen LogP contribution in [0.15, 0.2) is 23.2 Å². The molecule has 27 heavy (non-hydrogen) atoms. The van der Waals surface area contributed by atoms with Crippen molar-refractivity contribution in [1.29, 1.82) is 0 Å². The zero-order valence-corrected chi connectivity index (χ0v) is 17.9. The van der Waals surface area contributed by atoms with Crippen LogP contribution in [-0.4, -0.2) is 45.9 Å². The molecule has 1 saturated heterocycles. The lowest BCUT2D eigenvalue weighted by Gasteiger charge is -2.30. The van der Waals surface area contributed by atoms with Gasteiger partial charge in [0.15, 0.2) is 4.80 Å². The molecule has 0 radical (unpaired) electrons. The van der Waals surface area contributed by atoms with E-state index in [1.807, 2.05) is 4.90 Å². The third-order valence-electron chi connectivity index (χ3n) is 4.84. The van der Waals surface area contributed by atoms with Crippen LogP contribution in [-0.2, 0) is 16.1 Å². The van der Waals surface area contributed by atoms with Crippen molar-refractivity contribution in [2.75, 3.05) is 24.6 Å². The molecule has 2 aromatic rings. The third kappa shape index (κ3) is 5.02. The molecule has 1 aliphatic heterocycles. The fourth-order valence-corrected chi connectivity index (χ4v) is 5.35. The highest BCUT2D eigenvalue weighted by molar-refractivity contribution is 8.00. The number of carbonyl (C=O) groups excluding carboxylic acids is 2. The monoisotopic (exact) mass is 405 g/mol. The Kier molecular flexibility index (Phi) is 6.76. The number of carbonyl (C=O) groups is 2. The van der Waals surface area contributed by atoms with Crippen LogP contribution in [0.4, 0.5) is 0 Å². The fraction of sp³-hybridized carbons (Fsp3) is 0.550. The van der Waals surface area contributed by atoms with Crippen LogP contribution in [0.1, 0.15) is 32.3 Å². The topological polar surface area (TPSA) is 54.7 Å². The molecule has 1 fully saturated rings. The van der Waals surface area contributed by atoms with Gasteiger partial charge in [0.1, 0.15) is 0 Å². The molecule has 1 aromatic heterocycles. The molecule has 3 rings (SSSR count). The molecular weight excluding hydrogens is 378 g/mol. The number of hydrogen-bond donors (Lipinski definition) is 0. The Labute approximate surface area is 168 Å². The van der Waals surface area contributed by atoms with Crippen molar-refractivity contribution in [1.82, 2.24) is 9.47 Å². The first-order chi connectivity index (χ1) is 13.0. The summed E-state index contributed by atoms with van der Waals surface area (Å²) in [4.78, 5) is 31.6. The van der Waals surface area contributed by atoms with Gasteiger partial charge in [0.05, 0.1) is 21.7 Å². The van der Waals surface area contributed by atoms with Crippen LogP contribution < -0.4 is 4.80 Å². The summed E-state index contributed by atoms with van der Waals surface area (Å²) < 4.78 is 3.22. The van der Waals surface area contributed by atoms with E-state index in [2.05, 4.69) is 48.5 Å². The molecule has 146 valence electrons. The van der Waals surface area contributed by atoms with Gasteiger partial charge >= 0.3 is 0 Å². The van der Waals surface area contributed by atoms with Gasteiger partial charge in [-0.3, -0.25) is 9.59 Å². The van der Waals surface area contributed by atoms with E-state index in [0.29, 0.717) is 11.7 Å². The summed E-state index contributed by atoms with van der Waals surface area (Å²) in [5, 5.41) is 0. The summed E-state index contributed by atoms with van der Waals surface area (Å²) in [6.45, 7) is 8.77. The van der Waals surface area contributed by atoms with Crippen molar-refractivity contribution < 1.29 is 9.59 Å². The van der Waals surface area contributed by atoms with Crippen LogP contribution in [0.25, 0.3) is 10.2 Å². The van der Waals surface area contributed by atoms with Gasteiger partial charge in [0.25, 0.3) is 5.91 Å². The summed E-state index contributed by atoms with van der Waals surface area (Å²) in [6, 6.07) is 6.29. The number of nitrogens with zero attached hydrogens (tertiary/aromatic N) is 3. The third-order valence-corrected chi connectivity index (χ3v) is 6.78. The summed E-state index contributed by atoms with van der Waals surface area (Å²) in [5.74, 6) is 1.13. The SMILES string of the molecule is CCn1c(=NC(=O)CSCC(=O)N2CCCC(C)C2)sc2cc(C)ccc21. The van der Waals surface area contributed by atoms with Crippen LogP contribution >= 0.6 is 23.1 Å². The summed E-state index contributed by atoms with van der Waals surface area (Å²) in [6.07, 6.45) is 2.27. The zero-order chi connectivity index (χ0) is 19.4. The van der Waals surface area contributed by atoms with Crippen molar-refractivity contribution in [3.8, 4) is 0 Å². The van der Waals surface area contributed by atoms with Crippen molar-refractivity contribution in [3.63, 3.8) is 0 Å². The second-order valence-corrected chi connectivity index (χ2v) is 9.18. The van der Waals surface area contributed by atoms with Crippen molar-refractivity contribution in [3.05, 3.63) is 28.6 Å². The first-order valence-corrected chi connectivity index (χ1v) is 11.5. The van der Waals surface area contributed by atoms with Crippen LogP contribution in [0.2, 0.25) is 0 Å². The van der Waals surface area contributed by atoms with E-state index in [0.717, 1.165) is 41.1 Å². The highest BCUT2D eigenvalue weighted by atomic mass is 32.2. The molecule has 1 unspecified atom stereocenters. The maximum atomic E-state index is 12.3. The summed E-state index contributed by atoms with van der Waals surface area (Å²) >= 11 is 2.91. The molecule has 7 heteroatoms. The molecule has 1 aliphatic rings. The quantitative estimate of drug-likeness (QED) is 0.766. The number of fused-ring (bicyclic) bond motifs is 1. The number of hydrogen-bond acceptors (Lipinski definition) is 4. The van der Waals surface area contributed by atoms with E-state index < -0.39 is 0 Å². The molecule has 0 spiro atoms. The van der Waals surface area contributed by atoms with Gasteiger partial charge in [-0.05, 0) is 50.3 Å². The van der Waals surface area contributed by atoms with Gasteiger partial charge in [0, 0.05) is 19.6 Å². The van der Waals surface area contributed by atoms with Crippen LogP contribution in [0.3, 0.4) is 0 Å². The molecule has 2 heterocycles. The number of thioether (sulfide) groups is 1. The summed E-state index contributed by atoms with van der Waals surface area (Å²) in [7, 11) is 0. The van der Waals surface area contributed by atoms with Crippen molar-refractivity contribution >= 4 is 45.1 Å². The Balaban J connectivity index is 1.62. The Hall–Kier alpha value is -1.60. The predicted molar refractivity (Wildman–Crippen MR) is 113 cm³/mol. The zero-order valence-electron chi connectivity index (χ0n) is 16.2. The first kappa shape index (κ1) is 20.1. The van der Waals surface area contributed by atoms with Gasteiger partial charge in [-0.25, -0.2) is 0 Å². The number of piperidine rings is 1. The molecule has 1 atom stereocenters. The molecular formula is C20H27N3O2S2. The van der Waals surface area contributed by atoms with Gasteiger partial charge in [0.2, 0.25) is 5.91 Å². The van der Waals surface area contributed by atoms with E-state index in [1.54, 1.807) is 11.3 Å². The van der Waals surface area contributed by atoms with Gasteiger partial charge in [-0.15, -0.1) is 11.8 Å². The highest BCUT2D eigenvalue weighted by Crippen LogP contribution is 2.19. The maximum absolute atomic E-state index is 12.3. The van der Waals surface area contributed by atoms with E-state index in [1.165, 1.54) is 23.7 Å². The van der Waals surface area contributed by atoms with Gasteiger partial charge < -0.3 is 9.47 Å². The number of amides is 2. The molecule has 0 bridgehead atoms. The number of rotatable bonds is 5. The van der Waals surface area contributed by atoms with Crippen molar-refractivity contribution in [2.45, 2.75) is 40.2 Å². The standard InChI is InChI=1S/C20H27N3O2S2/c1-4-23-16-8-7-14(2)10-17(16)27-20(23)21-18(24)12-26-13-19(25)22-9-5-6-15(3)11-22/h7-8,10,15H,4-6,9,11-13H2,1-3H3. The number of likely N-dealkylation sites (tertiary alicyclic amines) is 1. The fourth-order valence-electron chi connectivity index (χ4n) is 3.44. The molecule has 1 aromatic carbocycles. The van der Waals surface area contributed by atoms with Crippen LogP contribution in [0.5, 0.6) is 0 Å². The Morgan fingerprint density at radius 1 is 1.33 bits per heavy atom. The number of aryl methyl sites for hydroxylation is 2. The van der Waals surface area contributed by atoms with E-state index in [4.69, 9.17) is 0 Å². The average Bonchev–Trinajstić information content (AvgIpc) is 2.97. The van der Waals surface area contributed by atoms with Crippen molar-refractivity contribution in [2.24, 2.45) is 10.9 Å². The first-order valence-electron chi connectivity index (χ1n) is 9.51. The summed E-state index contributed by atoms with van der Waals surface area (Å²) in [5.41, 5.74) is 2.31. The smallest absolute Gasteiger partial charge is 0.258 e. The molecule has 0 N–H and O–H groups in total. The Bertz CT molecular complexity index is 900. The Morgan fingerprint density at radius 2 is 2.15 bits per heavy atom. The average molecular weight is 406 g/mol. The number of benzene rings is 1. The molecule has 2 amide bonds. The predicted octanol–water partition coefficient (Wildman–Crippen LogP) is 3.45. The molecule has 5 nitrogen and oxygen atoms in total. The lowest BCUT2D eigenvalue weighted by molar-refractivity contribution is -0.130. The number of thiazole rings is 1. The highest BCUT2D eigenvalue weighted by Gasteiger charge is 2.20. The molecule has 0 aliphatic carbocycles. The normalized spacial score (nSPS) is 18.3. The minimum atomic E-state index is -0.176. The minimum absolute atomic E-state index is 0.139. The second kappa shape index (κ2) is 9.06.